The lowest BCUT2D eigenvalue weighted by molar-refractivity contribution is 0.542. The van der Waals surface area contributed by atoms with Crippen LogP contribution in [0.2, 0.25) is 10.0 Å². The fourth-order valence-corrected chi connectivity index (χ4v) is 4.10. The van der Waals surface area contributed by atoms with Gasteiger partial charge in [-0.3, -0.25) is 4.79 Å². The lowest BCUT2D eigenvalue weighted by Crippen LogP contribution is -2.32. The molecule has 1 aromatic carbocycles. The van der Waals surface area contributed by atoms with Gasteiger partial charge in [0.1, 0.15) is 17.6 Å². The van der Waals surface area contributed by atoms with Crippen LogP contribution >= 0.6 is 23.2 Å². The van der Waals surface area contributed by atoms with E-state index < -0.39 is 10.0 Å². The average molecular weight is 429 g/mol. The van der Waals surface area contributed by atoms with Crippen LogP contribution in [0, 0.1) is 6.92 Å². The van der Waals surface area contributed by atoms with E-state index in [-0.39, 0.29) is 28.6 Å². The van der Waals surface area contributed by atoms with Gasteiger partial charge in [0.25, 0.3) is 5.56 Å². The van der Waals surface area contributed by atoms with Crippen molar-refractivity contribution < 1.29 is 8.42 Å². The van der Waals surface area contributed by atoms with E-state index in [0.29, 0.717) is 16.4 Å². The Labute approximate surface area is 164 Å². The number of benzene rings is 1. The van der Waals surface area contributed by atoms with Crippen LogP contribution in [-0.2, 0) is 16.6 Å². The molecule has 0 aliphatic heterocycles. The summed E-state index contributed by atoms with van der Waals surface area (Å²) in [5, 5.41) is 8.46. The van der Waals surface area contributed by atoms with E-state index in [4.69, 9.17) is 23.2 Å². The number of hydrogen-bond acceptors (Lipinski definition) is 6. The lowest BCUT2D eigenvalue weighted by Gasteiger charge is -2.11. The molecule has 142 valence electrons. The minimum Gasteiger partial charge on any atom is -0.268 e. The molecule has 3 aromatic rings. The highest BCUT2D eigenvalue weighted by Gasteiger charge is 2.19. The summed E-state index contributed by atoms with van der Waals surface area (Å²) in [7, 11) is -3.88. The Balaban J connectivity index is 1.75. The molecule has 0 radical (unpaired) electrons. The van der Waals surface area contributed by atoms with Gasteiger partial charge in [0.2, 0.25) is 10.0 Å². The number of aromatic nitrogens is 5. The van der Waals surface area contributed by atoms with E-state index in [1.165, 1.54) is 41.6 Å². The summed E-state index contributed by atoms with van der Waals surface area (Å²) < 4.78 is 29.9. The highest BCUT2D eigenvalue weighted by molar-refractivity contribution is 7.89. The highest BCUT2D eigenvalue weighted by atomic mass is 35.5. The SMILES string of the molecule is Cc1cc(S(=O)(=O)NCCn2nc(-n3cncn3)ccc2=O)c(Cl)cc1Cl. The Morgan fingerprint density at radius 3 is 2.67 bits per heavy atom. The molecule has 9 nitrogen and oxygen atoms in total. The maximum absolute atomic E-state index is 12.5. The highest BCUT2D eigenvalue weighted by Crippen LogP contribution is 2.27. The van der Waals surface area contributed by atoms with E-state index in [1.54, 1.807) is 6.92 Å². The maximum Gasteiger partial charge on any atom is 0.266 e. The molecule has 12 heteroatoms. The van der Waals surface area contributed by atoms with E-state index in [2.05, 4.69) is 19.9 Å². The molecule has 0 fully saturated rings. The van der Waals surface area contributed by atoms with E-state index >= 15 is 0 Å². The predicted octanol–water partition coefficient (Wildman–Crippen LogP) is 1.42. The molecule has 2 heterocycles. The fraction of sp³-hybridized carbons (Fsp3) is 0.200. The Morgan fingerprint density at radius 2 is 1.96 bits per heavy atom. The molecule has 1 N–H and O–H groups in total. The second-order valence-electron chi connectivity index (χ2n) is 5.52. The number of nitrogens with zero attached hydrogens (tertiary/aromatic N) is 5. The summed E-state index contributed by atoms with van der Waals surface area (Å²) in [6.07, 6.45) is 2.77. The summed E-state index contributed by atoms with van der Waals surface area (Å²) in [4.78, 5) is 15.7. The lowest BCUT2D eigenvalue weighted by atomic mass is 10.2. The molecule has 0 aliphatic carbocycles. The summed E-state index contributed by atoms with van der Waals surface area (Å²) in [6.45, 7) is 1.63. The minimum absolute atomic E-state index is 0.0153. The van der Waals surface area contributed by atoms with Crippen LogP contribution in [-0.4, -0.2) is 39.5 Å². The molecule has 0 saturated heterocycles. The molecule has 0 unspecified atom stereocenters. The van der Waals surface area contributed by atoms with Crippen molar-refractivity contribution in [2.24, 2.45) is 0 Å². The molecular weight excluding hydrogens is 415 g/mol. The average Bonchev–Trinajstić information content (AvgIpc) is 3.14. The topological polar surface area (TPSA) is 112 Å². The first-order chi connectivity index (χ1) is 12.8. The van der Waals surface area contributed by atoms with Crippen molar-refractivity contribution >= 4 is 33.2 Å². The summed E-state index contributed by atoms with van der Waals surface area (Å²) in [5.74, 6) is 0.381. The number of hydrogen-bond donors (Lipinski definition) is 1. The molecule has 0 aliphatic rings. The first-order valence-corrected chi connectivity index (χ1v) is 9.90. The van der Waals surface area contributed by atoms with Gasteiger partial charge in [-0.15, -0.1) is 5.10 Å². The van der Waals surface area contributed by atoms with Gasteiger partial charge in [0.15, 0.2) is 5.82 Å². The second-order valence-corrected chi connectivity index (χ2v) is 8.07. The Hall–Kier alpha value is -2.27. The van der Waals surface area contributed by atoms with Gasteiger partial charge in [0, 0.05) is 17.6 Å². The van der Waals surface area contributed by atoms with Gasteiger partial charge < -0.3 is 0 Å². The summed E-state index contributed by atoms with van der Waals surface area (Å²) in [6, 6.07) is 5.58. The molecule has 2 aromatic heterocycles. The van der Waals surface area contributed by atoms with E-state index in [0.717, 1.165) is 4.68 Å². The maximum atomic E-state index is 12.5. The summed E-state index contributed by atoms with van der Waals surface area (Å²) in [5.41, 5.74) is 0.207. The number of sulfonamides is 1. The predicted molar refractivity (Wildman–Crippen MR) is 99.8 cm³/mol. The van der Waals surface area contributed by atoms with Crippen LogP contribution < -0.4 is 10.3 Å². The molecule has 0 bridgehead atoms. The zero-order valence-electron chi connectivity index (χ0n) is 14.0. The number of halogens is 2. The van der Waals surface area contributed by atoms with Gasteiger partial charge in [-0.05, 0) is 30.7 Å². The molecule has 27 heavy (non-hydrogen) atoms. The zero-order valence-corrected chi connectivity index (χ0v) is 16.3. The number of nitrogens with one attached hydrogen (secondary N) is 1. The second kappa shape index (κ2) is 7.77. The van der Waals surface area contributed by atoms with Crippen molar-refractivity contribution in [2.75, 3.05) is 6.54 Å². The van der Waals surface area contributed by atoms with Crippen molar-refractivity contribution in [3.05, 3.63) is 62.9 Å². The van der Waals surface area contributed by atoms with Crippen molar-refractivity contribution in [2.45, 2.75) is 18.4 Å². The molecule has 0 spiro atoms. The van der Waals surface area contributed by atoms with Crippen LogP contribution in [0.3, 0.4) is 0 Å². The van der Waals surface area contributed by atoms with Gasteiger partial charge >= 0.3 is 0 Å². The molecular formula is C15H14Cl2N6O3S. The molecule has 3 rings (SSSR count). The first kappa shape index (κ1) is 19.5. The first-order valence-electron chi connectivity index (χ1n) is 7.66. The summed E-state index contributed by atoms with van der Waals surface area (Å²) >= 11 is 11.9. The van der Waals surface area contributed by atoms with E-state index in [9.17, 15) is 13.2 Å². The molecule has 0 amide bonds. The monoisotopic (exact) mass is 428 g/mol. The van der Waals surface area contributed by atoms with Gasteiger partial charge in [0.05, 0.1) is 11.6 Å². The van der Waals surface area contributed by atoms with Crippen LogP contribution in [0.25, 0.3) is 5.82 Å². The van der Waals surface area contributed by atoms with Crippen LogP contribution in [0.15, 0.2) is 46.6 Å². The van der Waals surface area contributed by atoms with Crippen molar-refractivity contribution in [3.8, 4) is 5.82 Å². The largest absolute Gasteiger partial charge is 0.268 e. The van der Waals surface area contributed by atoms with Gasteiger partial charge in [-0.25, -0.2) is 27.5 Å². The fourth-order valence-electron chi connectivity index (χ4n) is 2.25. The third-order valence-corrected chi connectivity index (χ3v) is 5.96. The number of aryl methyl sites for hydroxylation is 1. The van der Waals surface area contributed by atoms with Crippen LogP contribution in [0.4, 0.5) is 0 Å². The van der Waals surface area contributed by atoms with Gasteiger partial charge in [-0.2, -0.15) is 5.10 Å². The Morgan fingerprint density at radius 1 is 1.19 bits per heavy atom. The third kappa shape index (κ3) is 4.35. The normalized spacial score (nSPS) is 11.7. The minimum atomic E-state index is -3.88. The quantitative estimate of drug-likeness (QED) is 0.635. The zero-order chi connectivity index (χ0) is 19.6. The van der Waals surface area contributed by atoms with Crippen molar-refractivity contribution in [1.82, 2.24) is 29.3 Å². The van der Waals surface area contributed by atoms with Crippen LogP contribution in [0.1, 0.15) is 5.56 Å². The van der Waals surface area contributed by atoms with E-state index in [1.807, 2.05) is 0 Å². The standard InChI is InChI=1S/C15H14Cl2N6O3S/c1-10-6-13(12(17)7-11(10)16)27(25,26)20-4-5-22-15(24)3-2-14(21-22)23-9-18-8-19-23/h2-3,6-9,20H,4-5H2,1H3. The molecule has 0 atom stereocenters. The number of rotatable bonds is 6. The molecule has 0 saturated carbocycles. The Kier molecular flexibility index (Phi) is 5.61. The third-order valence-electron chi connectivity index (χ3n) is 3.62. The van der Waals surface area contributed by atoms with Crippen molar-refractivity contribution in [1.29, 1.82) is 0 Å². The smallest absolute Gasteiger partial charge is 0.266 e. The Bertz CT molecular complexity index is 1130. The van der Waals surface area contributed by atoms with Gasteiger partial charge in [-0.1, -0.05) is 23.2 Å². The van der Waals surface area contributed by atoms with Crippen LogP contribution in [0.5, 0.6) is 0 Å². The van der Waals surface area contributed by atoms with Crippen molar-refractivity contribution in [3.63, 3.8) is 0 Å².